The molecule has 5 heteroatoms. The third kappa shape index (κ3) is 5.83. The molecule has 4 aliphatic rings. The van der Waals surface area contributed by atoms with Crippen molar-refractivity contribution in [2.75, 3.05) is 0 Å². The summed E-state index contributed by atoms with van der Waals surface area (Å²) in [5.74, 6) is 0. The molecule has 4 aliphatic heterocycles. The highest BCUT2D eigenvalue weighted by Gasteiger charge is 2.50. The Hall–Kier alpha value is -6.71. The van der Waals surface area contributed by atoms with Gasteiger partial charge in [-0.3, -0.25) is 0 Å². The molecule has 7 heterocycles. The van der Waals surface area contributed by atoms with Crippen LogP contribution in [0.15, 0.2) is 103 Å². The molecule has 0 radical (unpaired) electrons. The molecule has 11 aromatic rings. The normalized spacial score (nSPS) is 14.7. The van der Waals surface area contributed by atoms with Crippen molar-refractivity contribution < 1.29 is 0 Å². The SMILES string of the molecule is Cc1cc(C)c(-c2ccc3c4cc(C(C)(C)C)cc5c4n(c3c2)-c2cc3c4c6c2B5c2cc(C(C)(C)C)cc5c7cc(C(C)(C)C)cc(c7n-6c25)B4c2cc(C(C)(C)C)cc4c5cc(C(C)(C)C)ccc5n-3c24)c(C)c1. The van der Waals surface area contributed by atoms with Gasteiger partial charge >= 0.3 is 0 Å². The number of hydrogen-bond donors (Lipinski definition) is 0. The Morgan fingerprint density at radius 3 is 1.14 bits per heavy atom. The van der Waals surface area contributed by atoms with Crippen LogP contribution in [0.5, 0.6) is 0 Å². The Balaban J connectivity index is 1.21. The van der Waals surface area contributed by atoms with Crippen molar-refractivity contribution in [2.24, 2.45) is 0 Å². The molecular formula is C71H71B2N3. The summed E-state index contributed by atoms with van der Waals surface area (Å²) in [4.78, 5) is 0. The van der Waals surface area contributed by atoms with Crippen LogP contribution in [-0.2, 0) is 27.1 Å². The van der Waals surface area contributed by atoms with Crippen LogP contribution in [0.1, 0.15) is 148 Å². The highest BCUT2D eigenvalue weighted by molar-refractivity contribution is 7.04. The smallest absolute Gasteiger partial charge is 0.252 e. The zero-order valence-corrected chi connectivity index (χ0v) is 48.3. The number of aromatic nitrogens is 3. The lowest BCUT2D eigenvalue weighted by molar-refractivity contribution is 0.590. The first kappa shape index (κ1) is 46.6. The molecule has 8 aromatic carbocycles. The number of benzene rings is 8. The van der Waals surface area contributed by atoms with Gasteiger partial charge in [0, 0.05) is 71.4 Å². The zero-order valence-electron chi connectivity index (χ0n) is 48.3. The molecule has 0 fully saturated rings. The summed E-state index contributed by atoms with van der Waals surface area (Å²) in [5.41, 5.74) is 34.1. The first-order valence-electron chi connectivity index (χ1n) is 28.3. The minimum atomic E-state index is -0.0722. The van der Waals surface area contributed by atoms with Crippen LogP contribution in [0.25, 0.3) is 93.6 Å². The predicted molar refractivity (Wildman–Crippen MR) is 332 cm³/mol. The number of rotatable bonds is 1. The van der Waals surface area contributed by atoms with Crippen LogP contribution >= 0.6 is 0 Å². The van der Waals surface area contributed by atoms with Crippen LogP contribution < -0.4 is 32.8 Å². The van der Waals surface area contributed by atoms with E-state index in [4.69, 9.17) is 0 Å². The molecule has 0 amide bonds. The van der Waals surface area contributed by atoms with Crippen LogP contribution in [0.2, 0.25) is 0 Å². The maximum Gasteiger partial charge on any atom is 0.252 e. The van der Waals surface area contributed by atoms with Gasteiger partial charge in [0.25, 0.3) is 13.4 Å². The molecule has 76 heavy (non-hydrogen) atoms. The van der Waals surface area contributed by atoms with E-state index < -0.39 is 0 Å². The summed E-state index contributed by atoms with van der Waals surface area (Å²) in [6.45, 7) is 42.9. The van der Waals surface area contributed by atoms with Crippen molar-refractivity contribution in [1.29, 1.82) is 0 Å². The van der Waals surface area contributed by atoms with Crippen molar-refractivity contribution in [3.8, 4) is 28.2 Å². The molecule has 0 aliphatic carbocycles. The fourth-order valence-electron chi connectivity index (χ4n) is 15.1. The van der Waals surface area contributed by atoms with Crippen molar-refractivity contribution in [2.45, 2.75) is 152 Å². The maximum atomic E-state index is 2.82. The van der Waals surface area contributed by atoms with Gasteiger partial charge in [-0.2, -0.15) is 0 Å². The lowest BCUT2D eigenvalue weighted by Crippen LogP contribution is -2.66. The summed E-state index contributed by atoms with van der Waals surface area (Å²) in [6.07, 6.45) is 0. The molecule has 0 saturated carbocycles. The fraction of sp³-hybridized carbons (Fsp3) is 0.324. The second-order valence-electron chi connectivity index (χ2n) is 29.3. The molecule has 0 saturated heterocycles. The van der Waals surface area contributed by atoms with Gasteiger partial charge in [0.2, 0.25) is 0 Å². The minimum absolute atomic E-state index is 0.00135. The highest BCUT2D eigenvalue weighted by atomic mass is 15.1. The lowest BCUT2D eigenvalue weighted by atomic mass is 9.29. The van der Waals surface area contributed by atoms with Gasteiger partial charge in [-0.1, -0.05) is 164 Å². The second-order valence-corrected chi connectivity index (χ2v) is 29.3. The average Bonchev–Trinajstić information content (AvgIpc) is 2.97. The fourth-order valence-corrected chi connectivity index (χ4v) is 15.1. The van der Waals surface area contributed by atoms with Gasteiger partial charge in [-0.15, -0.1) is 0 Å². The van der Waals surface area contributed by atoms with Crippen LogP contribution in [0.4, 0.5) is 0 Å². The van der Waals surface area contributed by atoms with Gasteiger partial charge in [0.05, 0.1) is 11.0 Å². The van der Waals surface area contributed by atoms with Gasteiger partial charge in [0.15, 0.2) is 0 Å². The average molecular weight is 988 g/mol. The van der Waals surface area contributed by atoms with E-state index in [1.54, 1.807) is 0 Å². The Labute approximate surface area is 450 Å². The standard InChI is InChI=1S/C71H71B2N3/c1-36-23-37(2)59(38(3)24-36)39-19-21-45-47-27-41(68(7,8)9)31-51-62(47)75(56(45)25-39)58-35-57-60-66-61(58)72(51)53-33-43(70(13,14)15)29-49-50-30-44(71(16,17)18)34-54(65(50)76(66)64(49)53)73(60)52-32-42(69(10,11)12)28-48-46-26-40(67(4,5)6)20-22-55(46)74(57)63(48)52/h19-35H,1-18H3. The highest BCUT2D eigenvalue weighted by Crippen LogP contribution is 2.47. The van der Waals surface area contributed by atoms with E-state index in [9.17, 15) is 0 Å². The Morgan fingerprint density at radius 1 is 0.329 bits per heavy atom. The molecular weight excluding hydrogens is 916 g/mol. The summed E-state index contributed by atoms with van der Waals surface area (Å²) < 4.78 is 8.31. The molecule has 0 N–H and O–H groups in total. The number of fused-ring (bicyclic) bond motifs is 13. The third-order valence-electron chi connectivity index (χ3n) is 19.0. The molecule has 0 atom stereocenters. The van der Waals surface area contributed by atoms with E-state index in [1.807, 2.05) is 0 Å². The number of hydrogen-bond acceptors (Lipinski definition) is 0. The van der Waals surface area contributed by atoms with Crippen molar-refractivity contribution in [3.63, 3.8) is 0 Å². The summed E-state index contributed by atoms with van der Waals surface area (Å²) in [5, 5.41) is 8.18. The number of aryl methyl sites for hydroxylation is 3. The molecule has 3 aromatic heterocycles. The van der Waals surface area contributed by atoms with Crippen molar-refractivity contribution in [3.05, 3.63) is 148 Å². The van der Waals surface area contributed by atoms with E-state index in [0.717, 1.165) is 0 Å². The Morgan fingerprint density at radius 2 is 0.711 bits per heavy atom. The lowest BCUT2D eigenvalue weighted by Gasteiger charge is -2.42. The molecule has 15 rings (SSSR count). The largest absolute Gasteiger partial charge is 0.311 e. The monoisotopic (exact) mass is 988 g/mol. The van der Waals surface area contributed by atoms with Crippen LogP contribution in [0.3, 0.4) is 0 Å². The molecule has 0 unspecified atom stereocenters. The molecule has 0 bridgehead atoms. The Kier molecular flexibility index (Phi) is 8.62. The zero-order chi connectivity index (χ0) is 53.3. The quantitative estimate of drug-likeness (QED) is 0.146. The Bertz CT molecular complexity index is 4540. The van der Waals surface area contributed by atoms with Gasteiger partial charge < -0.3 is 13.7 Å². The third-order valence-corrected chi connectivity index (χ3v) is 19.0. The minimum Gasteiger partial charge on any atom is -0.311 e. The van der Waals surface area contributed by atoms with E-state index in [0.29, 0.717) is 0 Å². The first-order chi connectivity index (χ1) is 35.6. The molecule has 0 spiro atoms. The van der Waals surface area contributed by atoms with E-state index in [1.165, 1.54) is 171 Å². The van der Waals surface area contributed by atoms with E-state index >= 15 is 0 Å². The summed E-state index contributed by atoms with van der Waals surface area (Å²) in [7, 11) is 0. The first-order valence-corrected chi connectivity index (χ1v) is 28.3. The van der Waals surface area contributed by atoms with Gasteiger partial charge in [-0.25, -0.2) is 0 Å². The summed E-state index contributed by atoms with van der Waals surface area (Å²) >= 11 is 0. The maximum absolute atomic E-state index is 2.82. The summed E-state index contributed by atoms with van der Waals surface area (Å²) in [6, 6.07) is 43.2. The van der Waals surface area contributed by atoms with Crippen molar-refractivity contribution in [1.82, 2.24) is 13.7 Å². The van der Waals surface area contributed by atoms with E-state index in [-0.39, 0.29) is 40.5 Å². The van der Waals surface area contributed by atoms with E-state index in [2.05, 4.69) is 241 Å². The predicted octanol–water partition coefficient (Wildman–Crippen LogP) is 14.3. The van der Waals surface area contributed by atoms with Gasteiger partial charge in [-0.05, 0) is 179 Å². The van der Waals surface area contributed by atoms with Crippen LogP contribution in [-0.4, -0.2) is 27.1 Å². The second kappa shape index (κ2) is 14.1. The molecule has 376 valence electrons. The van der Waals surface area contributed by atoms with Crippen molar-refractivity contribution >= 4 is 112 Å². The van der Waals surface area contributed by atoms with Gasteiger partial charge in [0.1, 0.15) is 0 Å². The topological polar surface area (TPSA) is 14.8 Å². The number of nitrogens with zero attached hydrogens (tertiary/aromatic N) is 3. The van der Waals surface area contributed by atoms with Crippen LogP contribution in [0, 0.1) is 20.8 Å². The molecule has 3 nitrogen and oxygen atoms in total.